The Hall–Kier alpha value is -1.59. The molecule has 0 aromatic rings. The largest absolute Gasteiger partial charge is 0.462 e. The third-order valence-corrected chi connectivity index (χ3v) is 9.79. The van der Waals surface area contributed by atoms with Crippen LogP contribution in [-0.2, 0) is 28.6 Å². The molecule has 296 valence electrons. The molecular weight excluding hydrogens is 624 g/mol. The molecule has 0 aliphatic carbocycles. The Balaban J connectivity index is 4.33. The molecule has 0 unspecified atom stereocenters. The summed E-state index contributed by atoms with van der Waals surface area (Å²) in [5.41, 5.74) is 0. The average Bonchev–Trinajstić information content (AvgIpc) is 3.09. The van der Waals surface area contributed by atoms with Gasteiger partial charge in [-0.3, -0.25) is 14.4 Å². The summed E-state index contributed by atoms with van der Waals surface area (Å²) < 4.78 is 16.7. The molecule has 0 fully saturated rings. The molecule has 0 amide bonds. The number of unbranched alkanes of at least 4 members (excludes halogenated alkanes) is 26. The number of hydrogen-bond donors (Lipinski definition) is 0. The van der Waals surface area contributed by atoms with E-state index in [4.69, 9.17) is 14.2 Å². The standard InChI is InChI=1S/C44H84O6/c1-5-7-9-11-13-15-17-18-20-24-28-32-36-43(46)49-39-41(50-44(47)37-33-29-25-21-22-26-30-34-40(3)4)38-48-42(45)35-31-27-23-19-16-14-12-10-8-6-2/h40-41H,5-39H2,1-4H3/t41-/m1/s1. The fourth-order valence-corrected chi connectivity index (χ4v) is 6.45. The maximum absolute atomic E-state index is 12.6. The van der Waals surface area contributed by atoms with Crippen LogP contribution in [-0.4, -0.2) is 37.2 Å². The van der Waals surface area contributed by atoms with Gasteiger partial charge in [0, 0.05) is 19.3 Å². The summed E-state index contributed by atoms with van der Waals surface area (Å²) in [6.07, 6.45) is 36.6. The molecule has 6 nitrogen and oxygen atoms in total. The molecule has 0 radical (unpaired) electrons. The highest BCUT2D eigenvalue weighted by Gasteiger charge is 2.19. The maximum atomic E-state index is 12.6. The maximum Gasteiger partial charge on any atom is 0.306 e. The number of esters is 3. The molecule has 0 saturated carbocycles. The van der Waals surface area contributed by atoms with Gasteiger partial charge in [-0.25, -0.2) is 0 Å². The van der Waals surface area contributed by atoms with Crippen LogP contribution in [0.3, 0.4) is 0 Å². The first kappa shape index (κ1) is 48.4. The second-order valence-corrected chi connectivity index (χ2v) is 15.5. The Morgan fingerprint density at radius 3 is 0.980 bits per heavy atom. The summed E-state index contributed by atoms with van der Waals surface area (Å²) in [6, 6.07) is 0. The van der Waals surface area contributed by atoms with Crippen molar-refractivity contribution in [3.63, 3.8) is 0 Å². The number of rotatable bonds is 39. The molecule has 0 rings (SSSR count). The van der Waals surface area contributed by atoms with Crippen LogP contribution in [0.25, 0.3) is 0 Å². The first-order chi connectivity index (χ1) is 24.4. The summed E-state index contributed by atoms with van der Waals surface area (Å²) in [5, 5.41) is 0. The van der Waals surface area contributed by atoms with Crippen LogP contribution in [0.5, 0.6) is 0 Å². The summed E-state index contributed by atoms with van der Waals surface area (Å²) in [7, 11) is 0. The Kier molecular flexibility index (Phi) is 37.4. The van der Waals surface area contributed by atoms with Crippen molar-refractivity contribution in [3.05, 3.63) is 0 Å². The van der Waals surface area contributed by atoms with Crippen LogP contribution in [0.4, 0.5) is 0 Å². The minimum Gasteiger partial charge on any atom is -0.462 e. The van der Waals surface area contributed by atoms with E-state index in [0.29, 0.717) is 19.3 Å². The number of carbonyl (C=O) groups is 3. The van der Waals surface area contributed by atoms with Crippen molar-refractivity contribution in [3.8, 4) is 0 Å². The normalized spacial score (nSPS) is 11.9. The quantitative estimate of drug-likeness (QED) is 0.0359. The number of ether oxygens (including phenoxy) is 3. The molecule has 0 bridgehead atoms. The van der Waals surface area contributed by atoms with Gasteiger partial charge in [0.2, 0.25) is 0 Å². The lowest BCUT2D eigenvalue weighted by molar-refractivity contribution is -0.167. The van der Waals surface area contributed by atoms with Crippen molar-refractivity contribution in [1.29, 1.82) is 0 Å². The smallest absolute Gasteiger partial charge is 0.306 e. The lowest BCUT2D eigenvalue weighted by Crippen LogP contribution is -2.30. The zero-order valence-electron chi connectivity index (χ0n) is 33.9. The SMILES string of the molecule is CCCCCCCCCCCCCCC(=O)OC[C@@H](COC(=O)CCCCCCCCCCCC)OC(=O)CCCCCCCCCC(C)C. The predicted molar refractivity (Wildman–Crippen MR) is 210 cm³/mol. The zero-order valence-corrected chi connectivity index (χ0v) is 33.9. The van der Waals surface area contributed by atoms with Crippen molar-refractivity contribution in [1.82, 2.24) is 0 Å². The molecule has 0 aromatic heterocycles. The number of hydrogen-bond acceptors (Lipinski definition) is 6. The van der Waals surface area contributed by atoms with Gasteiger partial charge in [-0.2, -0.15) is 0 Å². The van der Waals surface area contributed by atoms with Crippen LogP contribution >= 0.6 is 0 Å². The van der Waals surface area contributed by atoms with Gasteiger partial charge in [-0.15, -0.1) is 0 Å². The van der Waals surface area contributed by atoms with E-state index in [2.05, 4.69) is 27.7 Å². The van der Waals surface area contributed by atoms with Crippen LogP contribution in [0.1, 0.15) is 240 Å². The first-order valence-corrected chi connectivity index (χ1v) is 21.9. The molecule has 1 atom stereocenters. The zero-order chi connectivity index (χ0) is 36.8. The number of carbonyl (C=O) groups excluding carboxylic acids is 3. The minimum absolute atomic E-state index is 0.0647. The van der Waals surface area contributed by atoms with Crippen LogP contribution in [0.2, 0.25) is 0 Å². The molecule has 6 heteroatoms. The highest BCUT2D eigenvalue weighted by molar-refractivity contribution is 5.71. The van der Waals surface area contributed by atoms with Crippen molar-refractivity contribution >= 4 is 17.9 Å². The van der Waals surface area contributed by atoms with Crippen molar-refractivity contribution in [2.24, 2.45) is 5.92 Å². The van der Waals surface area contributed by atoms with E-state index in [1.165, 1.54) is 135 Å². The monoisotopic (exact) mass is 709 g/mol. The van der Waals surface area contributed by atoms with Gasteiger partial charge in [0.05, 0.1) is 0 Å². The molecule has 0 spiro atoms. The molecule has 0 aliphatic rings. The van der Waals surface area contributed by atoms with Crippen molar-refractivity contribution < 1.29 is 28.6 Å². The van der Waals surface area contributed by atoms with Crippen molar-refractivity contribution in [2.45, 2.75) is 246 Å². The van der Waals surface area contributed by atoms with E-state index in [0.717, 1.165) is 63.7 Å². The molecule has 0 saturated heterocycles. The van der Waals surface area contributed by atoms with Gasteiger partial charge in [-0.1, -0.05) is 201 Å². The Morgan fingerprint density at radius 2 is 0.660 bits per heavy atom. The third kappa shape index (κ3) is 37.7. The Morgan fingerprint density at radius 1 is 0.380 bits per heavy atom. The van der Waals surface area contributed by atoms with E-state index in [1.54, 1.807) is 0 Å². The molecule has 0 N–H and O–H groups in total. The van der Waals surface area contributed by atoms with Gasteiger partial charge in [0.1, 0.15) is 13.2 Å². The fraction of sp³-hybridized carbons (Fsp3) is 0.932. The Labute approximate surface area is 310 Å². The molecule has 0 aromatic carbocycles. The highest BCUT2D eigenvalue weighted by Crippen LogP contribution is 2.16. The fourth-order valence-electron chi connectivity index (χ4n) is 6.45. The summed E-state index contributed by atoms with van der Waals surface area (Å²) in [4.78, 5) is 37.6. The van der Waals surface area contributed by atoms with Gasteiger partial charge in [-0.05, 0) is 25.2 Å². The second kappa shape index (κ2) is 38.6. The topological polar surface area (TPSA) is 78.9 Å². The van der Waals surface area contributed by atoms with Crippen LogP contribution in [0, 0.1) is 5.92 Å². The molecule has 0 aliphatic heterocycles. The first-order valence-electron chi connectivity index (χ1n) is 21.9. The van der Waals surface area contributed by atoms with Gasteiger partial charge >= 0.3 is 17.9 Å². The van der Waals surface area contributed by atoms with E-state index in [1.807, 2.05) is 0 Å². The van der Waals surface area contributed by atoms with E-state index in [-0.39, 0.29) is 31.1 Å². The van der Waals surface area contributed by atoms with E-state index >= 15 is 0 Å². The summed E-state index contributed by atoms with van der Waals surface area (Å²) in [6.45, 7) is 8.92. The molecular formula is C44H84O6. The van der Waals surface area contributed by atoms with Crippen molar-refractivity contribution in [2.75, 3.05) is 13.2 Å². The van der Waals surface area contributed by atoms with Gasteiger partial charge < -0.3 is 14.2 Å². The van der Waals surface area contributed by atoms with Gasteiger partial charge in [0.15, 0.2) is 6.10 Å². The van der Waals surface area contributed by atoms with Crippen LogP contribution < -0.4 is 0 Å². The third-order valence-electron chi connectivity index (χ3n) is 9.79. The highest BCUT2D eigenvalue weighted by atomic mass is 16.6. The lowest BCUT2D eigenvalue weighted by Gasteiger charge is -2.18. The second-order valence-electron chi connectivity index (χ2n) is 15.5. The van der Waals surface area contributed by atoms with E-state index in [9.17, 15) is 14.4 Å². The minimum atomic E-state index is -0.758. The Bertz CT molecular complexity index is 751. The molecule has 0 heterocycles. The lowest BCUT2D eigenvalue weighted by atomic mass is 10.0. The van der Waals surface area contributed by atoms with Crippen LogP contribution in [0.15, 0.2) is 0 Å². The van der Waals surface area contributed by atoms with E-state index < -0.39 is 6.10 Å². The average molecular weight is 709 g/mol. The van der Waals surface area contributed by atoms with Gasteiger partial charge in [0.25, 0.3) is 0 Å². The summed E-state index contributed by atoms with van der Waals surface area (Å²) in [5.74, 6) is -0.0830. The summed E-state index contributed by atoms with van der Waals surface area (Å²) >= 11 is 0. The predicted octanol–water partition coefficient (Wildman–Crippen LogP) is 13.6. The molecule has 50 heavy (non-hydrogen) atoms.